The Labute approximate surface area is 158 Å². The van der Waals surface area contributed by atoms with Gasteiger partial charge in [0.05, 0.1) is 28.3 Å². The summed E-state index contributed by atoms with van der Waals surface area (Å²) in [5.74, 6) is -0.546. The van der Waals surface area contributed by atoms with Crippen LogP contribution in [0.25, 0.3) is 10.9 Å². The summed E-state index contributed by atoms with van der Waals surface area (Å²) in [5.41, 5.74) is 7.27. The van der Waals surface area contributed by atoms with Gasteiger partial charge in [-0.2, -0.15) is 0 Å². The number of carboxylic acids is 1. The molecule has 1 atom stereocenters. The van der Waals surface area contributed by atoms with Gasteiger partial charge >= 0.3 is 5.97 Å². The summed E-state index contributed by atoms with van der Waals surface area (Å²) in [6.07, 6.45) is 1.84. The minimum atomic E-state index is -1.11. The number of nitrogens with two attached hydrogens (primary N) is 1. The van der Waals surface area contributed by atoms with E-state index in [0.29, 0.717) is 29.0 Å². The molecule has 0 spiro atoms. The van der Waals surface area contributed by atoms with Crippen molar-refractivity contribution in [1.29, 1.82) is 0 Å². The standard InChI is InChI=1S/C20H25N3O4/c1-11(2)19(24)23-9-5-6-13(23)10-27-15-8-4-7-14-17(15)18(21)16(20(25)26)12(3)22-14/h4,7-8,11,13H,5-6,9-10H2,1-3H3,(H2,21,22)(H,25,26). The van der Waals surface area contributed by atoms with Crippen LogP contribution in [0.4, 0.5) is 5.69 Å². The maximum atomic E-state index is 12.4. The lowest BCUT2D eigenvalue weighted by atomic mass is 10.1. The molecule has 1 unspecified atom stereocenters. The van der Waals surface area contributed by atoms with Crippen molar-refractivity contribution in [2.45, 2.75) is 39.7 Å². The van der Waals surface area contributed by atoms with Crippen LogP contribution in [0, 0.1) is 12.8 Å². The van der Waals surface area contributed by atoms with Gasteiger partial charge in [0, 0.05) is 12.5 Å². The number of ether oxygens (including phenoxy) is 1. The Balaban J connectivity index is 1.90. The third-order valence-electron chi connectivity index (χ3n) is 4.99. The number of amides is 1. The topological polar surface area (TPSA) is 106 Å². The van der Waals surface area contributed by atoms with E-state index in [4.69, 9.17) is 10.5 Å². The predicted octanol–water partition coefficient (Wildman–Crippen LogP) is 2.85. The summed E-state index contributed by atoms with van der Waals surface area (Å²) in [4.78, 5) is 30.1. The molecule has 1 aromatic heterocycles. The largest absolute Gasteiger partial charge is 0.491 e. The normalized spacial score (nSPS) is 16.9. The second kappa shape index (κ2) is 7.42. The molecule has 144 valence electrons. The van der Waals surface area contributed by atoms with Crippen molar-refractivity contribution < 1.29 is 19.4 Å². The number of pyridine rings is 1. The van der Waals surface area contributed by atoms with Crippen LogP contribution in [-0.2, 0) is 4.79 Å². The highest BCUT2D eigenvalue weighted by Crippen LogP contribution is 2.34. The first-order valence-electron chi connectivity index (χ1n) is 9.16. The molecule has 27 heavy (non-hydrogen) atoms. The molecule has 3 N–H and O–H groups in total. The molecule has 2 heterocycles. The Hall–Kier alpha value is -2.83. The van der Waals surface area contributed by atoms with Gasteiger partial charge in [0.15, 0.2) is 0 Å². The number of aryl methyl sites for hydroxylation is 1. The number of aromatic nitrogens is 1. The Morgan fingerprint density at radius 3 is 2.81 bits per heavy atom. The first-order chi connectivity index (χ1) is 12.8. The number of anilines is 1. The number of carbonyl (C=O) groups is 2. The molecule has 1 aliphatic heterocycles. The number of aromatic carboxylic acids is 1. The number of hydrogen-bond donors (Lipinski definition) is 2. The number of nitrogens with zero attached hydrogens (tertiary/aromatic N) is 2. The highest BCUT2D eigenvalue weighted by molar-refractivity contribution is 6.06. The molecule has 7 heteroatoms. The summed E-state index contributed by atoms with van der Waals surface area (Å²) < 4.78 is 6.01. The van der Waals surface area contributed by atoms with Gasteiger partial charge in [-0.15, -0.1) is 0 Å². The summed E-state index contributed by atoms with van der Waals surface area (Å²) in [7, 11) is 0. The Kier molecular flexibility index (Phi) is 5.21. The zero-order valence-corrected chi connectivity index (χ0v) is 15.9. The molecule has 0 saturated carbocycles. The van der Waals surface area contributed by atoms with E-state index < -0.39 is 5.97 Å². The van der Waals surface area contributed by atoms with Gasteiger partial charge in [0.1, 0.15) is 17.9 Å². The van der Waals surface area contributed by atoms with Crippen molar-refractivity contribution in [3.63, 3.8) is 0 Å². The number of likely N-dealkylation sites (tertiary alicyclic amines) is 1. The zero-order valence-electron chi connectivity index (χ0n) is 15.9. The highest BCUT2D eigenvalue weighted by atomic mass is 16.5. The fourth-order valence-corrected chi connectivity index (χ4v) is 3.65. The van der Waals surface area contributed by atoms with Gasteiger partial charge in [-0.3, -0.25) is 9.78 Å². The number of hydrogen-bond acceptors (Lipinski definition) is 5. The lowest BCUT2D eigenvalue weighted by Gasteiger charge is -2.26. The quantitative estimate of drug-likeness (QED) is 0.837. The second-order valence-electron chi connectivity index (χ2n) is 7.23. The Bertz CT molecular complexity index is 894. The van der Waals surface area contributed by atoms with Crippen molar-refractivity contribution in [3.8, 4) is 5.75 Å². The van der Waals surface area contributed by atoms with Crippen LogP contribution in [0.3, 0.4) is 0 Å². The minimum Gasteiger partial charge on any atom is -0.491 e. The Morgan fingerprint density at radius 1 is 1.41 bits per heavy atom. The predicted molar refractivity (Wildman–Crippen MR) is 103 cm³/mol. The summed E-state index contributed by atoms with van der Waals surface area (Å²) in [6, 6.07) is 5.34. The SMILES string of the molecule is Cc1nc2cccc(OCC3CCCN3C(=O)C(C)C)c2c(N)c1C(=O)O. The molecule has 3 rings (SSSR count). The molecule has 1 aliphatic rings. The van der Waals surface area contributed by atoms with Gasteiger partial charge in [-0.05, 0) is 31.9 Å². The minimum absolute atomic E-state index is 0.00368. The lowest BCUT2D eigenvalue weighted by Crippen LogP contribution is -2.41. The average molecular weight is 371 g/mol. The van der Waals surface area contributed by atoms with Crippen LogP contribution in [0.15, 0.2) is 18.2 Å². The molecule has 1 aromatic carbocycles. The maximum absolute atomic E-state index is 12.4. The molecule has 0 aliphatic carbocycles. The highest BCUT2D eigenvalue weighted by Gasteiger charge is 2.30. The van der Waals surface area contributed by atoms with E-state index in [1.165, 1.54) is 0 Å². The van der Waals surface area contributed by atoms with Crippen LogP contribution in [0.1, 0.15) is 42.7 Å². The molecule has 1 fully saturated rings. The van der Waals surface area contributed by atoms with Crippen LogP contribution < -0.4 is 10.5 Å². The van der Waals surface area contributed by atoms with Crippen molar-refractivity contribution in [1.82, 2.24) is 9.88 Å². The van der Waals surface area contributed by atoms with Crippen molar-refractivity contribution >= 4 is 28.5 Å². The molecular formula is C20H25N3O4. The van der Waals surface area contributed by atoms with Crippen molar-refractivity contribution in [2.24, 2.45) is 5.92 Å². The molecule has 1 amide bonds. The zero-order chi connectivity index (χ0) is 19.7. The van der Waals surface area contributed by atoms with Gasteiger partial charge in [-0.1, -0.05) is 19.9 Å². The van der Waals surface area contributed by atoms with Gasteiger partial charge in [-0.25, -0.2) is 4.79 Å². The third kappa shape index (κ3) is 3.54. The monoisotopic (exact) mass is 371 g/mol. The van der Waals surface area contributed by atoms with E-state index in [1.807, 2.05) is 18.7 Å². The van der Waals surface area contributed by atoms with Crippen molar-refractivity contribution in [3.05, 3.63) is 29.5 Å². The first-order valence-corrected chi connectivity index (χ1v) is 9.16. The summed E-state index contributed by atoms with van der Waals surface area (Å²) in [6.45, 7) is 6.50. The Morgan fingerprint density at radius 2 is 2.15 bits per heavy atom. The number of rotatable bonds is 5. The van der Waals surface area contributed by atoms with Crippen LogP contribution >= 0.6 is 0 Å². The third-order valence-corrected chi connectivity index (χ3v) is 4.99. The van der Waals surface area contributed by atoms with E-state index >= 15 is 0 Å². The van der Waals surface area contributed by atoms with Crippen LogP contribution in [-0.4, -0.2) is 46.1 Å². The maximum Gasteiger partial charge on any atom is 0.339 e. The average Bonchev–Trinajstić information content (AvgIpc) is 3.06. The number of nitrogen functional groups attached to an aromatic ring is 1. The van der Waals surface area contributed by atoms with Gasteiger partial charge in [0.25, 0.3) is 0 Å². The number of fused-ring (bicyclic) bond motifs is 1. The van der Waals surface area contributed by atoms with Gasteiger partial charge in [0.2, 0.25) is 5.91 Å². The molecule has 7 nitrogen and oxygen atoms in total. The van der Waals surface area contributed by atoms with Crippen molar-refractivity contribution in [2.75, 3.05) is 18.9 Å². The van der Waals surface area contributed by atoms with E-state index in [-0.39, 0.29) is 29.1 Å². The molecule has 2 aromatic rings. The fraction of sp³-hybridized carbons (Fsp3) is 0.450. The van der Waals surface area contributed by atoms with Gasteiger partial charge < -0.3 is 20.5 Å². The second-order valence-corrected chi connectivity index (χ2v) is 7.23. The fourth-order valence-electron chi connectivity index (χ4n) is 3.65. The van der Waals surface area contributed by atoms with E-state index in [0.717, 1.165) is 19.4 Å². The van der Waals surface area contributed by atoms with E-state index in [1.54, 1.807) is 25.1 Å². The van der Waals surface area contributed by atoms with Crippen LogP contribution in [0.5, 0.6) is 5.75 Å². The lowest BCUT2D eigenvalue weighted by molar-refractivity contribution is -0.135. The molecule has 0 bridgehead atoms. The first kappa shape index (κ1) is 18.9. The molecule has 0 radical (unpaired) electrons. The number of benzene rings is 1. The smallest absolute Gasteiger partial charge is 0.339 e. The number of carboxylic acid groups (broad SMARTS) is 1. The number of carbonyl (C=O) groups excluding carboxylic acids is 1. The van der Waals surface area contributed by atoms with E-state index in [2.05, 4.69) is 4.98 Å². The summed E-state index contributed by atoms with van der Waals surface area (Å²) >= 11 is 0. The summed E-state index contributed by atoms with van der Waals surface area (Å²) in [5, 5.41) is 9.94. The van der Waals surface area contributed by atoms with E-state index in [9.17, 15) is 14.7 Å². The molecule has 1 saturated heterocycles. The van der Waals surface area contributed by atoms with Crippen LogP contribution in [0.2, 0.25) is 0 Å². The molecular weight excluding hydrogens is 346 g/mol.